The van der Waals surface area contributed by atoms with Gasteiger partial charge in [0.2, 0.25) is 0 Å². The fraction of sp³-hybridized carbons (Fsp3) is 0.444. The van der Waals surface area contributed by atoms with Crippen molar-refractivity contribution < 1.29 is 4.21 Å². The molecule has 84 valence electrons. The molecule has 0 aliphatic carbocycles. The van der Waals surface area contributed by atoms with E-state index in [1.807, 2.05) is 6.92 Å². The van der Waals surface area contributed by atoms with Crippen molar-refractivity contribution in [2.24, 2.45) is 0 Å². The lowest BCUT2D eigenvalue weighted by molar-refractivity contribution is 0.679. The van der Waals surface area contributed by atoms with E-state index in [0.717, 1.165) is 4.47 Å². The van der Waals surface area contributed by atoms with Crippen LogP contribution in [0.4, 0.5) is 5.82 Å². The van der Waals surface area contributed by atoms with Gasteiger partial charge in [-0.1, -0.05) is 11.6 Å². The zero-order chi connectivity index (χ0) is 11.4. The summed E-state index contributed by atoms with van der Waals surface area (Å²) in [5, 5.41) is 3.69. The molecule has 0 aliphatic rings. The standard InChI is InChI=1S/C9H12BrClN2OS/c1-6(15(2)14)4-12-9-8(11)3-7(10)5-13-9/h3,5-6H,4H2,1-2H3,(H,12,13). The van der Waals surface area contributed by atoms with Crippen molar-refractivity contribution in [2.75, 3.05) is 18.1 Å². The van der Waals surface area contributed by atoms with E-state index >= 15 is 0 Å². The highest BCUT2D eigenvalue weighted by Crippen LogP contribution is 2.22. The molecule has 1 rings (SSSR count). The van der Waals surface area contributed by atoms with Crippen LogP contribution in [0, 0.1) is 0 Å². The minimum absolute atomic E-state index is 0.0755. The summed E-state index contributed by atoms with van der Waals surface area (Å²) in [7, 11) is -0.838. The molecule has 0 radical (unpaired) electrons. The number of aromatic nitrogens is 1. The largest absolute Gasteiger partial charge is 0.368 e. The Hall–Kier alpha value is -0.130. The first-order valence-corrected chi connectivity index (χ1v) is 7.17. The Morgan fingerprint density at radius 2 is 2.40 bits per heavy atom. The quantitative estimate of drug-likeness (QED) is 0.929. The summed E-state index contributed by atoms with van der Waals surface area (Å²) in [6, 6.07) is 1.77. The number of hydrogen-bond acceptors (Lipinski definition) is 3. The summed E-state index contributed by atoms with van der Waals surface area (Å²) in [4.78, 5) is 4.12. The molecule has 2 unspecified atom stereocenters. The van der Waals surface area contributed by atoms with Crippen LogP contribution >= 0.6 is 27.5 Å². The average Bonchev–Trinajstić information content (AvgIpc) is 2.15. The molecular formula is C9H12BrClN2OS. The van der Waals surface area contributed by atoms with E-state index in [4.69, 9.17) is 11.6 Å². The molecule has 1 heterocycles. The van der Waals surface area contributed by atoms with Crippen LogP contribution < -0.4 is 5.32 Å². The van der Waals surface area contributed by atoms with E-state index in [1.54, 1.807) is 18.5 Å². The van der Waals surface area contributed by atoms with E-state index in [-0.39, 0.29) is 5.25 Å². The maximum absolute atomic E-state index is 11.1. The predicted molar refractivity (Wildman–Crippen MR) is 69.0 cm³/mol. The molecule has 1 N–H and O–H groups in total. The van der Waals surface area contributed by atoms with Gasteiger partial charge in [0, 0.05) is 39.5 Å². The number of nitrogens with zero attached hydrogens (tertiary/aromatic N) is 1. The fourth-order valence-electron chi connectivity index (χ4n) is 0.902. The highest BCUT2D eigenvalue weighted by atomic mass is 79.9. The van der Waals surface area contributed by atoms with Gasteiger partial charge < -0.3 is 5.32 Å². The summed E-state index contributed by atoms with van der Waals surface area (Å²) in [6.45, 7) is 2.51. The second-order valence-electron chi connectivity index (χ2n) is 3.17. The molecule has 1 aromatic heterocycles. The molecule has 0 aliphatic heterocycles. The second kappa shape index (κ2) is 5.82. The van der Waals surface area contributed by atoms with Crippen LogP contribution in [-0.4, -0.2) is 27.2 Å². The molecule has 3 nitrogen and oxygen atoms in total. The van der Waals surface area contributed by atoms with Gasteiger partial charge in [-0.3, -0.25) is 4.21 Å². The topological polar surface area (TPSA) is 42.0 Å². The highest BCUT2D eigenvalue weighted by Gasteiger charge is 2.07. The first kappa shape index (κ1) is 12.9. The smallest absolute Gasteiger partial charge is 0.144 e. The Bertz CT molecular complexity index is 375. The second-order valence-corrected chi connectivity index (χ2v) is 6.30. The number of anilines is 1. The Balaban J connectivity index is 2.62. The normalized spacial score (nSPS) is 14.7. The van der Waals surface area contributed by atoms with E-state index in [0.29, 0.717) is 17.4 Å². The molecule has 0 fully saturated rings. The maximum atomic E-state index is 11.1. The first-order chi connectivity index (χ1) is 7.00. The number of rotatable bonds is 4. The summed E-state index contributed by atoms with van der Waals surface area (Å²) in [6.07, 6.45) is 3.35. The van der Waals surface area contributed by atoms with Crippen molar-refractivity contribution in [1.29, 1.82) is 0 Å². The van der Waals surface area contributed by atoms with Crippen molar-refractivity contribution in [3.8, 4) is 0 Å². The van der Waals surface area contributed by atoms with Crippen LogP contribution in [0.25, 0.3) is 0 Å². The number of nitrogens with one attached hydrogen (secondary N) is 1. The van der Waals surface area contributed by atoms with Crippen LogP contribution in [0.3, 0.4) is 0 Å². The van der Waals surface area contributed by atoms with Crippen molar-refractivity contribution >= 4 is 44.1 Å². The van der Waals surface area contributed by atoms with Crippen molar-refractivity contribution in [1.82, 2.24) is 4.98 Å². The van der Waals surface area contributed by atoms with E-state index in [1.165, 1.54) is 0 Å². The number of hydrogen-bond donors (Lipinski definition) is 1. The summed E-state index contributed by atoms with van der Waals surface area (Å²) >= 11 is 9.24. The average molecular weight is 312 g/mol. The van der Waals surface area contributed by atoms with Gasteiger partial charge in [0.05, 0.1) is 5.02 Å². The lowest BCUT2D eigenvalue weighted by Crippen LogP contribution is -2.21. The molecule has 0 amide bonds. The third-order valence-corrected chi connectivity index (χ3v) is 3.95. The van der Waals surface area contributed by atoms with Gasteiger partial charge in [-0.2, -0.15) is 0 Å². The van der Waals surface area contributed by atoms with Crippen LogP contribution in [0.1, 0.15) is 6.92 Å². The third-order valence-electron chi connectivity index (χ3n) is 1.93. The van der Waals surface area contributed by atoms with Gasteiger partial charge in [-0.05, 0) is 28.9 Å². The van der Waals surface area contributed by atoms with Crippen LogP contribution in [0.5, 0.6) is 0 Å². The lowest BCUT2D eigenvalue weighted by atomic mass is 10.4. The van der Waals surface area contributed by atoms with Gasteiger partial charge >= 0.3 is 0 Å². The van der Waals surface area contributed by atoms with E-state index in [2.05, 4.69) is 26.2 Å². The van der Waals surface area contributed by atoms with Gasteiger partial charge in [-0.15, -0.1) is 0 Å². The third kappa shape index (κ3) is 4.09. The SMILES string of the molecule is CC(CNc1ncc(Br)cc1Cl)S(C)=O. The van der Waals surface area contributed by atoms with Crippen LogP contribution in [0.15, 0.2) is 16.7 Å². The first-order valence-electron chi connectivity index (χ1n) is 4.38. The van der Waals surface area contributed by atoms with Crippen molar-refractivity contribution in [3.05, 3.63) is 21.8 Å². The molecule has 2 atom stereocenters. The van der Waals surface area contributed by atoms with Crippen molar-refractivity contribution in [3.63, 3.8) is 0 Å². The molecule has 0 bridgehead atoms. The van der Waals surface area contributed by atoms with Crippen LogP contribution in [-0.2, 0) is 10.8 Å². The Morgan fingerprint density at radius 1 is 1.73 bits per heavy atom. The van der Waals surface area contributed by atoms with Gasteiger partial charge in [0.1, 0.15) is 5.82 Å². The molecule has 0 saturated carbocycles. The molecule has 6 heteroatoms. The zero-order valence-corrected chi connectivity index (χ0v) is 11.6. The van der Waals surface area contributed by atoms with E-state index < -0.39 is 10.8 Å². The van der Waals surface area contributed by atoms with E-state index in [9.17, 15) is 4.21 Å². The van der Waals surface area contributed by atoms with Crippen LogP contribution in [0.2, 0.25) is 5.02 Å². The highest BCUT2D eigenvalue weighted by molar-refractivity contribution is 9.10. The minimum Gasteiger partial charge on any atom is -0.368 e. The monoisotopic (exact) mass is 310 g/mol. The zero-order valence-electron chi connectivity index (χ0n) is 8.46. The number of pyridine rings is 1. The molecular weight excluding hydrogens is 300 g/mol. The maximum Gasteiger partial charge on any atom is 0.144 e. The van der Waals surface area contributed by atoms with Gasteiger partial charge in [0.15, 0.2) is 0 Å². The molecule has 0 saturated heterocycles. The fourth-order valence-corrected chi connectivity index (χ4v) is 1.92. The number of halogens is 2. The van der Waals surface area contributed by atoms with Gasteiger partial charge in [-0.25, -0.2) is 4.98 Å². The minimum atomic E-state index is -0.838. The molecule has 0 spiro atoms. The predicted octanol–water partition coefficient (Wildman–Crippen LogP) is 2.68. The lowest BCUT2D eigenvalue weighted by Gasteiger charge is -2.11. The summed E-state index contributed by atoms with van der Waals surface area (Å²) in [5.74, 6) is 0.622. The Labute approximate surface area is 105 Å². The summed E-state index contributed by atoms with van der Waals surface area (Å²) < 4.78 is 12.0. The summed E-state index contributed by atoms with van der Waals surface area (Å²) in [5.41, 5.74) is 0. The molecule has 0 aromatic carbocycles. The van der Waals surface area contributed by atoms with Crippen molar-refractivity contribution in [2.45, 2.75) is 12.2 Å². The Morgan fingerprint density at radius 3 is 2.93 bits per heavy atom. The molecule has 15 heavy (non-hydrogen) atoms. The Kier molecular flexibility index (Phi) is 5.02. The molecule has 1 aromatic rings. The van der Waals surface area contributed by atoms with Gasteiger partial charge in [0.25, 0.3) is 0 Å².